The molecule has 5 nitrogen and oxygen atoms in total. The van der Waals surface area contributed by atoms with Crippen molar-refractivity contribution in [3.8, 4) is 0 Å². The van der Waals surface area contributed by atoms with Gasteiger partial charge in [0.25, 0.3) is 10.0 Å². The van der Waals surface area contributed by atoms with E-state index in [-0.39, 0.29) is 16.3 Å². The van der Waals surface area contributed by atoms with Gasteiger partial charge >= 0.3 is 0 Å². The Hall–Kier alpha value is -2.12. The van der Waals surface area contributed by atoms with E-state index in [2.05, 4.69) is 10.0 Å². The molecule has 2 N–H and O–H groups in total. The van der Waals surface area contributed by atoms with E-state index >= 15 is 0 Å². The van der Waals surface area contributed by atoms with Crippen LogP contribution in [0.15, 0.2) is 41.3 Å². The van der Waals surface area contributed by atoms with Gasteiger partial charge in [0.1, 0.15) is 5.82 Å². The van der Waals surface area contributed by atoms with Crippen molar-refractivity contribution < 1.29 is 17.6 Å². The van der Waals surface area contributed by atoms with Crippen LogP contribution in [0.2, 0.25) is 5.02 Å². The molecule has 1 amide bonds. The molecule has 122 valence electrons. The van der Waals surface area contributed by atoms with Crippen LogP contribution in [0.3, 0.4) is 0 Å². The van der Waals surface area contributed by atoms with Crippen molar-refractivity contribution in [2.24, 2.45) is 0 Å². The van der Waals surface area contributed by atoms with E-state index in [0.717, 1.165) is 6.07 Å². The summed E-state index contributed by atoms with van der Waals surface area (Å²) in [5, 5.41) is 2.72. The lowest BCUT2D eigenvalue weighted by Gasteiger charge is -2.12. The van der Waals surface area contributed by atoms with E-state index in [1.54, 1.807) is 6.92 Å². The summed E-state index contributed by atoms with van der Waals surface area (Å²) < 4.78 is 40.8. The monoisotopic (exact) mass is 356 g/mol. The van der Waals surface area contributed by atoms with Gasteiger partial charge in [-0.25, -0.2) is 12.8 Å². The van der Waals surface area contributed by atoms with Crippen LogP contribution in [0.25, 0.3) is 0 Å². The number of hydrogen-bond donors (Lipinski definition) is 2. The minimum atomic E-state index is -3.86. The highest BCUT2D eigenvalue weighted by molar-refractivity contribution is 7.92. The Morgan fingerprint density at radius 1 is 1.17 bits per heavy atom. The van der Waals surface area contributed by atoms with Gasteiger partial charge in [0.2, 0.25) is 5.91 Å². The first-order valence-corrected chi connectivity index (χ1v) is 8.41. The van der Waals surface area contributed by atoms with Crippen LogP contribution in [0.4, 0.5) is 15.8 Å². The Kier molecular flexibility index (Phi) is 4.91. The maximum atomic E-state index is 13.6. The zero-order chi connectivity index (χ0) is 17.2. The fourth-order valence-corrected chi connectivity index (χ4v) is 3.50. The van der Waals surface area contributed by atoms with Gasteiger partial charge in [-0.3, -0.25) is 9.52 Å². The average Bonchev–Trinajstić information content (AvgIpc) is 2.41. The van der Waals surface area contributed by atoms with Gasteiger partial charge in [-0.05, 0) is 48.9 Å². The Morgan fingerprint density at radius 3 is 2.48 bits per heavy atom. The molecule has 0 radical (unpaired) electrons. The van der Waals surface area contributed by atoms with Crippen LogP contribution in [-0.2, 0) is 14.8 Å². The zero-order valence-electron chi connectivity index (χ0n) is 12.4. The molecule has 2 rings (SSSR count). The van der Waals surface area contributed by atoms with Crippen molar-refractivity contribution in [1.29, 1.82) is 0 Å². The molecule has 0 atom stereocenters. The molecule has 0 aliphatic carbocycles. The van der Waals surface area contributed by atoms with Crippen LogP contribution in [0.5, 0.6) is 0 Å². The molecule has 2 aromatic rings. The molecule has 0 aliphatic heterocycles. The Labute approximate surface area is 138 Å². The maximum Gasteiger partial charge on any atom is 0.262 e. The fourth-order valence-electron chi connectivity index (χ4n) is 2.00. The second-order valence-electron chi connectivity index (χ2n) is 4.89. The first kappa shape index (κ1) is 17.2. The number of halogens is 2. The van der Waals surface area contributed by atoms with Crippen molar-refractivity contribution >= 4 is 38.9 Å². The normalized spacial score (nSPS) is 11.1. The molecule has 0 fully saturated rings. The van der Waals surface area contributed by atoms with E-state index in [1.807, 2.05) is 0 Å². The van der Waals surface area contributed by atoms with E-state index in [4.69, 9.17) is 11.6 Å². The lowest BCUT2D eigenvalue weighted by atomic mass is 10.2. The molecule has 0 saturated heterocycles. The number of hydrogen-bond acceptors (Lipinski definition) is 3. The molecule has 8 heteroatoms. The summed E-state index contributed by atoms with van der Waals surface area (Å²) in [5.74, 6) is -1.12. The first-order chi connectivity index (χ1) is 10.7. The van der Waals surface area contributed by atoms with Crippen molar-refractivity contribution in [2.75, 3.05) is 10.0 Å². The molecule has 0 aromatic heterocycles. The minimum Gasteiger partial charge on any atom is -0.324 e. The molecule has 0 bridgehead atoms. The van der Waals surface area contributed by atoms with E-state index in [1.165, 1.54) is 37.3 Å². The Bertz CT molecular complexity index is 869. The molecule has 0 heterocycles. The molecule has 0 unspecified atom stereocenters. The average molecular weight is 357 g/mol. The van der Waals surface area contributed by atoms with Gasteiger partial charge in [-0.1, -0.05) is 11.6 Å². The van der Waals surface area contributed by atoms with Gasteiger partial charge in [0.05, 0.1) is 16.3 Å². The predicted molar refractivity (Wildman–Crippen MR) is 87.7 cm³/mol. The third-order valence-electron chi connectivity index (χ3n) is 2.96. The van der Waals surface area contributed by atoms with Gasteiger partial charge < -0.3 is 5.32 Å². The lowest BCUT2D eigenvalue weighted by molar-refractivity contribution is -0.114. The van der Waals surface area contributed by atoms with Crippen LogP contribution in [-0.4, -0.2) is 14.3 Å². The lowest BCUT2D eigenvalue weighted by Crippen LogP contribution is -2.15. The number of anilines is 2. The first-order valence-electron chi connectivity index (χ1n) is 6.55. The summed E-state index contributed by atoms with van der Waals surface area (Å²) in [6.07, 6.45) is 0. The fraction of sp³-hybridized carbons (Fsp3) is 0.133. The third-order valence-corrected chi connectivity index (χ3v) is 4.73. The van der Waals surface area contributed by atoms with Gasteiger partial charge in [-0.15, -0.1) is 0 Å². The van der Waals surface area contributed by atoms with Crippen LogP contribution in [0.1, 0.15) is 12.5 Å². The van der Waals surface area contributed by atoms with Gasteiger partial charge in [0, 0.05) is 11.9 Å². The molecule has 0 aliphatic rings. The standard InChI is InChI=1S/C15H14ClFN2O3S/c1-9-7-11(16)3-6-15(9)23(21,22)19-12-4-5-13(17)14(8-12)18-10(2)20/h3-8,19H,1-2H3,(H,18,20). The SMILES string of the molecule is CC(=O)Nc1cc(NS(=O)(=O)c2ccc(Cl)cc2C)ccc1F. The van der Waals surface area contributed by atoms with E-state index in [0.29, 0.717) is 10.6 Å². The highest BCUT2D eigenvalue weighted by Gasteiger charge is 2.18. The number of carbonyl (C=O) groups excluding carboxylic acids is 1. The summed E-state index contributed by atoms with van der Waals surface area (Å²) >= 11 is 5.82. The summed E-state index contributed by atoms with van der Waals surface area (Å²) in [7, 11) is -3.86. The summed E-state index contributed by atoms with van der Waals surface area (Å²) in [4.78, 5) is 11.1. The van der Waals surface area contributed by atoms with Crippen molar-refractivity contribution in [1.82, 2.24) is 0 Å². The topological polar surface area (TPSA) is 75.3 Å². The molecule has 0 saturated carbocycles. The molecular weight excluding hydrogens is 343 g/mol. The second-order valence-corrected chi connectivity index (χ2v) is 6.98. The predicted octanol–water partition coefficient (Wildman–Crippen LogP) is 3.55. The van der Waals surface area contributed by atoms with E-state index in [9.17, 15) is 17.6 Å². The largest absolute Gasteiger partial charge is 0.324 e. The number of nitrogens with one attached hydrogen (secondary N) is 2. The number of rotatable bonds is 4. The molecular formula is C15H14ClFN2O3S. The number of amides is 1. The van der Waals surface area contributed by atoms with Gasteiger partial charge in [-0.2, -0.15) is 0 Å². The van der Waals surface area contributed by atoms with E-state index < -0.39 is 21.7 Å². The quantitative estimate of drug-likeness (QED) is 0.879. The minimum absolute atomic E-state index is 0.0623. The summed E-state index contributed by atoms with van der Waals surface area (Å²) in [6, 6.07) is 7.93. The van der Waals surface area contributed by atoms with Gasteiger partial charge in [0.15, 0.2) is 0 Å². The summed E-state index contributed by atoms with van der Waals surface area (Å²) in [5.41, 5.74) is 0.504. The molecule has 23 heavy (non-hydrogen) atoms. The van der Waals surface area contributed by atoms with Crippen LogP contribution >= 0.6 is 11.6 Å². The number of carbonyl (C=O) groups is 1. The van der Waals surface area contributed by atoms with Crippen LogP contribution in [0, 0.1) is 12.7 Å². The van der Waals surface area contributed by atoms with Crippen molar-refractivity contribution in [3.63, 3.8) is 0 Å². The maximum absolute atomic E-state index is 13.6. The number of benzene rings is 2. The highest BCUT2D eigenvalue weighted by Crippen LogP contribution is 2.25. The third kappa shape index (κ3) is 4.20. The molecule has 0 spiro atoms. The zero-order valence-corrected chi connectivity index (χ0v) is 13.9. The number of sulfonamides is 1. The molecule has 2 aromatic carbocycles. The summed E-state index contributed by atoms with van der Waals surface area (Å²) in [6.45, 7) is 2.85. The Balaban J connectivity index is 2.35. The van der Waals surface area contributed by atoms with Crippen molar-refractivity contribution in [3.05, 3.63) is 52.8 Å². The second kappa shape index (κ2) is 6.55. The smallest absolute Gasteiger partial charge is 0.262 e. The number of aryl methyl sites for hydroxylation is 1. The Morgan fingerprint density at radius 2 is 1.87 bits per heavy atom. The van der Waals surface area contributed by atoms with Crippen LogP contribution < -0.4 is 10.0 Å². The van der Waals surface area contributed by atoms with Crippen molar-refractivity contribution in [2.45, 2.75) is 18.7 Å². The highest BCUT2D eigenvalue weighted by atomic mass is 35.5.